The van der Waals surface area contributed by atoms with Gasteiger partial charge in [-0.05, 0) is 66.1 Å². The van der Waals surface area contributed by atoms with Crippen LogP contribution in [0.3, 0.4) is 0 Å². The smallest absolute Gasteiger partial charge is 0.301 e. The average Bonchev–Trinajstić information content (AvgIpc) is 3.55. The van der Waals surface area contributed by atoms with Crippen LogP contribution in [0.1, 0.15) is 42.5 Å². The molecule has 1 aliphatic rings. The third kappa shape index (κ3) is 6.45. The Labute approximate surface area is 249 Å². The lowest BCUT2D eigenvalue weighted by molar-refractivity contribution is -0.132. The zero-order valence-electron chi connectivity index (χ0n) is 21.9. The van der Waals surface area contributed by atoms with Crippen molar-refractivity contribution in [3.05, 3.63) is 106 Å². The number of carbonyl (C=O) groups is 2. The van der Waals surface area contributed by atoms with Gasteiger partial charge >= 0.3 is 5.91 Å². The molecular formula is C30H25ClFN3O4S2. The standard InChI is InChI=1S/C30H25ClFN3O4S2/c1-2-3-15-39-23-13-9-19(10-14-23)26(36)24-25(20-5-4-6-21(31)16-20)35(28(38)27(24)37)29-33-34-30(41-29)40-17-18-7-11-22(32)12-8-18/h4-14,16,25,36H,2-3,15,17H2,1H3. The van der Waals surface area contributed by atoms with Crippen molar-refractivity contribution in [1.82, 2.24) is 10.2 Å². The van der Waals surface area contributed by atoms with Crippen LogP contribution in [0.4, 0.5) is 9.52 Å². The second-order valence-corrected chi connectivity index (χ2v) is 11.8. The number of anilines is 1. The van der Waals surface area contributed by atoms with Crippen LogP contribution in [0.15, 0.2) is 82.7 Å². The molecule has 0 aliphatic carbocycles. The maximum Gasteiger partial charge on any atom is 0.301 e. The molecule has 3 aromatic carbocycles. The van der Waals surface area contributed by atoms with Crippen molar-refractivity contribution >= 4 is 57.3 Å². The molecular weight excluding hydrogens is 585 g/mol. The van der Waals surface area contributed by atoms with Crippen molar-refractivity contribution in [2.75, 3.05) is 11.5 Å². The van der Waals surface area contributed by atoms with Crippen LogP contribution in [0, 0.1) is 5.82 Å². The molecule has 0 spiro atoms. The fourth-order valence-corrected chi connectivity index (χ4v) is 6.33. The Balaban J connectivity index is 1.48. The number of aliphatic hydroxyl groups is 1. The third-order valence-corrected chi connectivity index (χ3v) is 8.74. The summed E-state index contributed by atoms with van der Waals surface area (Å²) in [4.78, 5) is 28.1. The summed E-state index contributed by atoms with van der Waals surface area (Å²) in [6.07, 6.45) is 1.93. The Morgan fingerprint density at radius 1 is 1.10 bits per heavy atom. The van der Waals surface area contributed by atoms with Crippen molar-refractivity contribution < 1.29 is 23.8 Å². The molecule has 210 valence electrons. The van der Waals surface area contributed by atoms with Crippen molar-refractivity contribution in [3.63, 3.8) is 0 Å². The lowest BCUT2D eigenvalue weighted by Gasteiger charge is -2.22. The first-order valence-electron chi connectivity index (χ1n) is 12.9. The van der Waals surface area contributed by atoms with E-state index in [1.54, 1.807) is 60.7 Å². The molecule has 7 nitrogen and oxygen atoms in total. The lowest BCUT2D eigenvalue weighted by Crippen LogP contribution is -2.29. The summed E-state index contributed by atoms with van der Waals surface area (Å²) in [5.74, 6) is -1.14. The summed E-state index contributed by atoms with van der Waals surface area (Å²) >= 11 is 8.81. The van der Waals surface area contributed by atoms with Crippen LogP contribution < -0.4 is 9.64 Å². The van der Waals surface area contributed by atoms with Crippen LogP contribution in [0.5, 0.6) is 5.75 Å². The van der Waals surface area contributed by atoms with Gasteiger partial charge in [-0.3, -0.25) is 14.5 Å². The summed E-state index contributed by atoms with van der Waals surface area (Å²) in [7, 11) is 0. The zero-order valence-corrected chi connectivity index (χ0v) is 24.3. The molecule has 0 radical (unpaired) electrons. The number of thioether (sulfide) groups is 1. The highest BCUT2D eigenvalue weighted by Gasteiger charge is 2.48. The van der Waals surface area contributed by atoms with Gasteiger partial charge < -0.3 is 9.84 Å². The molecule has 4 aromatic rings. The van der Waals surface area contributed by atoms with Gasteiger partial charge in [0.05, 0.1) is 18.2 Å². The van der Waals surface area contributed by atoms with Gasteiger partial charge in [0, 0.05) is 16.3 Å². The van der Waals surface area contributed by atoms with E-state index in [0.29, 0.717) is 38.6 Å². The van der Waals surface area contributed by atoms with Gasteiger partial charge in [0.25, 0.3) is 5.78 Å². The van der Waals surface area contributed by atoms with E-state index < -0.39 is 17.7 Å². The molecule has 1 N–H and O–H groups in total. The summed E-state index contributed by atoms with van der Waals surface area (Å²) in [5, 5.41) is 20.4. The zero-order chi connectivity index (χ0) is 28.9. The highest BCUT2D eigenvalue weighted by molar-refractivity contribution is 8.00. The Morgan fingerprint density at radius 3 is 2.56 bits per heavy atom. The number of ketones is 1. The van der Waals surface area contributed by atoms with Crippen molar-refractivity contribution in [3.8, 4) is 5.75 Å². The van der Waals surface area contributed by atoms with Crippen molar-refractivity contribution in [2.24, 2.45) is 0 Å². The normalized spacial score (nSPS) is 16.4. The van der Waals surface area contributed by atoms with Gasteiger partial charge in [0.1, 0.15) is 17.3 Å². The molecule has 1 amide bonds. The molecule has 5 rings (SSSR count). The van der Waals surface area contributed by atoms with Gasteiger partial charge in [-0.25, -0.2) is 4.39 Å². The monoisotopic (exact) mass is 609 g/mol. The number of halogens is 2. The molecule has 0 saturated carbocycles. The van der Waals surface area contributed by atoms with Crippen LogP contribution in [0.2, 0.25) is 5.02 Å². The molecule has 0 bridgehead atoms. The predicted octanol–water partition coefficient (Wildman–Crippen LogP) is 7.43. The minimum absolute atomic E-state index is 0.0763. The minimum atomic E-state index is -0.975. The largest absolute Gasteiger partial charge is 0.507 e. The fourth-order valence-electron chi connectivity index (χ4n) is 4.30. The number of Topliss-reactive ketones (excluding diaryl/α,β-unsaturated/α-hetero) is 1. The number of nitrogens with zero attached hydrogens (tertiary/aromatic N) is 3. The maximum absolute atomic E-state index is 13.4. The highest BCUT2D eigenvalue weighted by Crippen LogP contribution is 2.44. The molecule has 1 aromatic heterocycles. The van der Waals surface area contributed by atoms with E-state index in [4.69, 9.17) is 16.3 Å². The molecule has 1 fully saturated rings. The van der Waals surface area contributed by atoms with E-state index in [0.717, 1.165) is 29.7 Å². The first-order chi connectivity index (χ1) is 19.9. The number of rotatable bonds is 10. The van der Waals surface area contributed by atoms with Gasteiger partial charge in [0.2, 0.25) is 5.13 Å². The molecule has 2 heterocycles. The maximum atomic E-state index is 13.4. The number of unbranched alkanes of at least 4 members (excludes halogenated alkanes) is 1. The molecule has 41 heavy (non-hydrogen) atoms. The third-order valence-electron chi connectivity index (χ3n) is 6.38. The van der Waals surface area contributed by atoms with Crippen LogP contribution in [-0.4, -0.2) is 33.6 Å². The van der Waals surface area contributed by atoms with Crippen LogP contribution in [0.25, 0.3) is 5.76 Å². The van der Waals surface area contributed by atoms with Gasteiger partial charge in [-0.15, -0.1) is 10.2 Å². The fraction of sp³-hybridized carbons (Fsp3) is 0.200. The first kappa shape index (κ1) is 28.8. The van der Waals surface area contributed by atoms with Crippen molar-refractivity contribution in [2.45, 2.75) is 35.9 Å². The van der Waals surface area contributed by atoms with E-state index >= 15 is 0 Å². The molecule has 1 aliphatic heterocycles. The van der Waals surface area contributed by atoms with Crippen LogP contribution >= 0.6 is 34.7 Å². The van der Waals surface area contributed by atoms with Crippen molar-refractivity contribution in [1.29, 1.82) is 0 Å². The predicted molar refractivity (Wildman–Crippen MR) is 159 cm³/mol. The SMILES string of the molecule is CCCCOc1ccc(C(O)=C2C(=O)C(=O)N(c3nnc(SCc4ccc(F)cc4)s3)C2c2cccc(Cl)c2)cc1. The van der Waals surface area contributed by atoms with Crippen LogP contribution in [-0.2, 0) is 15.3 Å². The number of ether oxygens (including phenoxy) is 1. The average molecular weight is 610 g/mol. The summed E-state index contributed by atoms with van der Waals surface area (Å²) in [6, 6.07) is 18.7. The minimum Gasteiger partial charge on any atom is -0.507 e. The Morgan fingerprint density at radius 2 is 1.85 bits per heavy atom. The number of aromatic nitrogens is 2. The Hall–Kier alpha value is -3.73. The number of carbonyl (C=O) groups excluding carboxylic acids is 2. The molecule has 11 heteroatoms. The second-order valence-electron chi connectivity index (χ2n) is 9.22. The van der Waals surface area contributed by atoms with E-state index in [9.17, 15) is 19.1 Å². The highest BCUT2D eigenvalue weighted by atomic mass is 35.5. The number of hydrogen-bond acceptors (Lipinski definition) is 8. The number of benzene rings is 3. The summed E-state index contributed by atoms with van der Waals surface area (Å²) in [5.41, 5.74) is 1.72. The molecule has 1 atom stereocenters. The summed E-state index contributed by atoms with van der Waals surface area (Å²) in [6.45, 7) is 2.65. The number of amides is 1. The van der Waals surface area contributed by atoms with Gasteiger partial charge in [-0.1, -0.05) is 72.3 Å². The van der Waals surface area contributed by atoms with Gasteiger partial charge in [-0.2, -0.15) is 0 Å². The summed E-state index contributed by atoms with van der Waals surface area (Å²) < 4.78 is 19.5. The molecule has 1 saturated heterocycles. The quantitative estimate of drug-likeness (QED) is 0.0499. The topological polar surface area (TPSA) is 92.6 Å². The number of aliphatic hydroxyl groups excluding tert-OH is 1. The Kier molecular flexibility index (Phi) is 9.02. The van der Waals surface area contributed by atoms with Gasteiger partial charge in [0.15, 0.2) is 4.34 Å². The van der Waals surface area contributed by atoms with E-state index in [-0.39, 0.29) is 22.3 Å². The van der Waals surface area contributed by atoms with E-state index in [1.807, 2.05) is 0 Å². The lowest BCUT2D eigenvalue weighted by atomic mass is 9.95. The number of hydrogen-bond donors (Lipinski definition) is 1. The Bertz CT molecular complexity index is 1590. The first-order valence-corrected chi connectivity index (χ1v) is 15.0. The molecule has 1 unspecified atom stereocenters. The second kappa shape index (κ2) is 12.8. The van der Waals surface area contributed by atoms with E-state index in [2.05, 4.69) is 17.1 Å². The van der Waals surface area contributed by atoms with E-state index in [1.165, 1.54) is 28.8 Å².